The average Bonchev–Trinajstić information content (AvgIpc) is 2.91. The van der Waals surface area contributed by atoms with Crippen molar-refractivity contribution in [3.8, 4) is 6.07 Å². The van der Waals surface area contributed by atoms with E-state index in [0.29, 0.717) is 18.7 Å². The van der Waals surface area contributed by atoms with E-state index in [0.717, 1.165) is 31.7 Å². The van der Waals surface area contributed by atoms with Crippen molar-refractivity contribution >= 4 is 0 Å². The molecule has 0 radical (unpaired) electrons. The highest BCUT2D eigenvalue weighted by Crippen LogP contribution is 2.16. The number of rotatable bonds is 5. The Bertz CT molecular complexity index is 391. The van der Waals surface area contributed by atoms with Crippen LogP contribution in [0.2, 0.25) is 0 Å². The molecule has 2 unspecified atom stereocenters. The minimum Gasteiger partial charge on any atom is -0.378 e. The first-order chi connectivity index (χ1) is 8.28. The van der Waals surface area contributed by atoms with E-state index in [1.807, 2.05) is 6.92 Å². The van der Waals surface area contributed by atoms with Crippen molar-refractivity contribution in [3.05, 3.63) is 11.7 Å². The van der Waals surface area contributed by atoms with Gasteiger partial charge in [-0.1, -0.05) is 12.1 Å². The van der Waals surface area contributed by atoms with E-state index in [4.69, 9.17) is 14.5 Å². The molecule has 1 aliphatic heterocycles. The summed E-state index contributed by atoms with van der Waals surface area (Å²) in [5.41, 5.74) is 0. The molecule has 5 heteroatoms. The van der Waals surface area contributed by atoms with Crippen LogP contribution in [0.25, 0.3) is 0 Å². The predicted molar refractivity (Wildman–Crippen MR) is 60.1 cm³/mol. The Hall–Kier alpha value is -1.41. The second-order valence-electron chi connectivity index (χ2n) is 4.62. The summed E-state index contributed by atoms with van der Waals surface area (Å²) >= 11 is 0. The first-order valence-electron chi connectivity index (χ1n) is 6.08. The lowest BCUT2D eigenvalue weighted by molar-refractivity contribution is 0.109. The Morgan fingerprint density at radius 3 is 3.18 bits per heavy atom. The van der Waals surface area contributed by atoms with Gasteiger partial charge in [0, 0.05) is 25.9 Å². The highest BCUT2D eigenvalue weighted by molar-refractivity contribution is 4.91. The quantitative estimate of drug-likeness (QED) is 0.779. The van der Waals surface area contributed by atoms with Gasteiger partial charge in [0.15, 0.2) is 5.82 Å². The molecule has 1 aromatic heterocycles. The van der Waals surface area contributed by atoms with Gasteiger partial charge >= 0.3 is 0 Å². The van der Waals surface area contributed by atoms with Gasteiger partial charge in [-0.3, -0.25) is 0 Å². The Morgan fingerprint density at radius 2 is 2.47 bits per heavy atom. The molecular formula is C12H17N3O2. The van der Waals surface area contributed by atoms with Crippen LogP contribution in [0.5, 0.6) is 0 Å². The number of hydrogen-bond acceptors (Lipinski definition) is 5. The lowest BCUT2D eigenvalue weighted by Gasteiger charge is -2.04. The van der Waals surface area contributed by atoms with Crippen molar-refractivity contribution in [1.29, 1.82) is 5.26 Å². The summed E-state index contributed by atoms with van der Waals surface area (Å²) < 4.78 is 10.7. The van der Waals surface area contributed by atoms with Gasteiger partial charge < -0.3 is 9.26 Å². The lowest BCUT2D eigenvalue weighted by atomic mass is 10.1. The average molecular weight is 235 g/mol. The van der Waals surface area contributed by atoms with E-state index in [-0.39, 0.29) is 12.0 Å². The van der Waals surface area contributed by atoms with E-state index < -0.39 is 0 Å². The van der Waals surface area contributed by atoms with Crippen molar-refractivity contribution in [2.75, 3.05) is 6.61 Å². The summed E-state index contributed by atoms with van der Waals surface area (Å²) in [6.45, 7) is 2.85. The summed E-state index contributed by atoms with van der Waals surface area (Å²) in [5.74, 6) is 1.60. The van der Waals surface area contributed by atoms with Crippen LogP contribution in [-0.4, -0.2) is 22.9 Å². The largest absolute Gasteiger partial charge is 0.378 e. The smallest absolute Gasteiger partial charge is 0.226 e. The van der Waals surface area contributed by atoms with E-state index in [1.54, 1.807) is 0 Å². The summed E-state index contributed by atoms with van der Waals surface area (Å²) in [6.07, 6.45) is 4.37. The van der Waals surface area contributed by atoms with Gasteiger partial charge in [-0.15, -0.1) is 0 Å². The zero-order valence-corrected chi connectivity index (χ0v) is 10.1. The fourth-order valence-electron chi connectivity index (χ4n) is 1.99. The van der Waals surface area contributed by atoms with E-state index in [2.05, 4.69) is 16.2 Å². The van der Waals surface area contributed by atoms with E-state index in [9.17, 15) is 0 Å². The topological polar surface area (TPSA) is 71.9 Å². The van der Waals surface area contributed by atoms with Crippen LogP contribution in [-0.2, 0) is 17.6 Å². The molecule has 17 heavy (non-hydrogen) atoms. The molecule has 92 valence electrons. The van der Waals surface area contributed by atoms with Crippen LogP contribution in [0.3, 0.4) is 0 Å². The minimum absolute atomic E-state index is 0.247. The molecule has 1 fully saturated rings. The van der Waals surface area contributed by atoms with Crippen molar-refractivity contribution in [2.24, 2.45) is 5.92 Å². The van der Waals surface area contributed by atoms with Crippen LogP contribution < -0.4 is 0 Å². The maximum atomic E-state index is 8.58. The summed E-state index contributed by atoms with van der Waals surface area (Å²) in [7, 11) is 0. The van der Waals surface area contributed by atoms with Crippen LogP contribution >= 0.6 is 0 Å². The zero-order chi connectivity index (χ0) is 12.1. The summed E-state index contributed by atoms with van der Waals surface area (Å²) in [6, 6.07) is 2.14. The Labute approximate surface area is 101 Å². The summed E-state index contributed by atoms with van der Waals surface area (Å²) in [5, 5.41) is 12.5. The minimum atomic E-state index is 0.247. The standard InChI is InChI=1S/C12H17N3O2/c1-9(4-5-13)7-12-14-11(15-17-12)8-10-3-2-6-16-10/h9-10H,2-4,6-8H2,1H3. The van der Waals surface area contributed by atoms with Crippen LogP contribution in [0, 0.1) is 17.2 Å². The van der Waals surface area contributed by atoms with Gasteiger partial charge in [0.25, 0.3) is 0 Å². The highest BCUT2D eigenvalue weighted by atomic mass is 16.5. The SMILES string of the molecule is CC(CC#N)Cc1nc(CC2CCCO2)no1. The van der Waals surface area contributed by atoms with Crippen LogP contribution in [0.15, 0.2) is 4.52 Å². The molecule has 0 N–H and O–H groups in total. The number of nitriles is 1. The van der Waals surface area contributed by atoms with Crippen molar-refractivity contribution in [1.82, 2.24) is 10.1 Å². The molecule has 0 saturated carbocycles. The molecule has 1 aromatic rings. The second kappa shape index (κ2) is 5.78. The van der Waals surface area contributed by atoms with Crippen LogP contribution in [0.4, 0.5) is 0 Å². The maximum absolute atomic E-state index is 8.58. The van der Waals surface area contributed by atoms with Gasteiger partial charge in [-0.25, -0.2) is 0 Å². The van der Waals surface area contributed by atoms with Gasteiger partial charge in [0.1, 0.15) is 0 Å². The predicted octanol–water partition coefficient (Wildman–Crippen LogP) is 1.88. The summed E-state index contributed by atoms with van der Waals surface area (Å²) in [4.78, 5) is 4.33. The Kier molecular flexibility index (Phi) is 4.10. The third kappa shape index (κ3) is 3.53. The molecule has 2 atom stereocenters. The number of hydrogen-bond donors (Lipinski definition) is 0. The first kappa shape index (κ1) is 12.1. The van der Waals surface area contributed by atoms with Gasteiger partial charge in [0.2, 0.25) is 5.89 Å². The fourth-order valence-corrected chi connectivity index (χ4v) is 1.99. The van der Waals surface area contributed by atoms with Gasteiger partial charge in [0.05, 0.1) is 12.2 Å². The molecule has 0 amide bonds. The van der Waals surface area contributed by atoms with E-state index >= 15 is 0 Å². The third-order valence-electron chi connectivity index (χ3n) is 2.91. The van der Waals surface area contributed by atoms with Crippen molar-refractivity contribution in [3.63, 3.8) is 0 Å². The maximum Gasteiger partial charge on any atom is 0.226 e. The monoisotopic (exact) mass is 235 g/mol. The third-order valence-corrected chi connectivity index (χ3v) is 2.91. The highest BCUT2D eigenvalue weighted by Gasteiger charge is 2.19. The number of nitrogens with zero attached hydrogens (tertiary/aromatic N) is 3. The normalized spacial score (nSPS) is 21.3. The molecule has 1 saturated heterocycles. The molecule has 0 aromatic carbocycles. The number of aromatic nitrogens is 2. The molecule has 2 rings (SSSR count). The van der Waals surface area contributed by atoms with Crippen LogP contribution in [0.1, 0.15) is 37.9 Å². The van der Waals surface area contributed by atoms with Crippen molar-refractivity contribution in [2.45, 2.75) is 45.1 Å². The zero-order valence-electron chi connectivity index (χ0n) is 10.1. The number of ether oxygens (including phenoxy) is 1. The van der Waals surface area contributed by atoms with Gasteiger partial charge in [-0.05, 0) is 18.8 Å². The lowest BCUT2D eigenvalue weighted by Crippen LogP contribution is -2.10. The van der Waals surface area contributed by atoms with Crippen molar-refractivity contribution < 1.29 is 9.26 Å². The molecule has 0 bridgehead atoms. The molecular weight excluding hydrogens is 218 g/mol. The Morgan fingerprint density at radius 1 is 1.59 bits per heavy atom. The molecule has 2 heterocycles. The molecule has 5 nitrogen and oxygen atoms in total. The fraction of sp³-hybridized carbons (Fsp3) is 0.750. The van der Waals surface area contributed by atoms with Gasteiger partial charge in [-0.2, -0.15) is 10.2 Å². The molecule has 0 spiro atoms. The van der Waals surface area contributed by atoms with E-state index in [1.165, 1.54) is 0 Å². The Balaban J connectivity index is 1.85. The molecule has 1 aliphatic rings. The second-order valence-corrected chi connectivity index (χ2v) is 4.62. The molecule has 0 aliphatic carbocycles. The first-order valence-corrected chi connectivity index (χ1v) is 6.08.